The van der Waals surface area contributed by atoms with Crippen LogP contribution in [-0.2, 0) is 20.0 Å². The van der Waals surface area contributed by atoms with E-state index in [1.54, 1.807) is 16.4 Å². The molecule has 0 saturated carbocycles. The van der Waals surface area contributed by atoms with Crippen molar-refractivity contribution in [2.75, 3.05) is 23.1 Å². The fourth-order valence-corrected chi connectivity index (χ4v) is 7.10. The number of benzene rings is 1. The second-order valence-corrected chi connectivity index (χ2v) is 10.7. The maximum atomic E-state index is 13.0. The summed E-state index contributed by atoms with van der Waals surface area (Å²) in [6.07, 6.45) is 5.17. The second kappa shape index (κ2) is 7.25. The third kappa shape index (κ3) is 3.71. The van der Waals surface area contributed by atoms with Gasteiger partial charge in [-0.25, -0.2) is 16.8 Å². The van der Waals surface area contributed by atoms with Gasteiger partial charge >= 0.3 is 0 Å². The number of anilines is 1. The molecule has 2 fully saturated rings. The van der Waals surface area contributed by atoms with E-state index in [1.165, 1.54) is 16.4 Å². The molecule has 6 nitrogen and oxygen atoms in total. The highest BCUT2D eigenvalue weighted by Crippen LogP contribution is 2.29. The van der Waals surface area contributed by atoms with Gasteiger partial charge in [-0.3, -0.25) is 4.31 Å². The van der Waals surface area contributed by atoms with Gasteiger partial charge in [0.2, 0.25) is 20.0 Å². The van der Waals surface area contributed by atoms with Crippen LogP contribution >= 0.6 is 0 Å². The van der Waals surface area contributed by atoms with Crippen molar-refractivity contribution < 1.29 is 16.8 Å². The molecule has 2 aliphatic rings. The van der Waals surface area contributed by atoms with Crippen LogP contribution in [0.15, 0.2) is 29.2 Å². The van der Waals surface area contributed by atoms with E-state index in [0.29, 0.717) is 25.2 Å². The molecule has 0 bridgehead atoms. The average Bonchev–Trinajstić information content (AvgIpc) is 2.61. The number of rotatable bonds is 4. The van der Waals surface area contributed by atoms with Crippen LogP contribution in [0.5, 0.6) is 0 Å². The minimum atomic E-state index is -3.53. The van der Waals surface area contributed by atoms with Crippen molar-refractivity contribution in [3.63, 3.8) is 0 Å². The van der Waals surface area contributed by atoms with Crippen molar-refractivity contribution in [1.82, 2.24) is 4.31 Å². The molecule has 0 amide bonds. The molecule has 140 valence electrons. The van der Waals surface area contributed by atoms with Crippen molar-refractivity contribution in [1.29, 1.82) is 0 Å². The summed E-state index contributed by atoms with van der Waals surface area (Å²) >= 11 is 0. The van der Waals surface area contributed by atoms with Crippen molar-refractivity contribution in [3.05, 3.63) is 24.3 Å². The molecule has 1 atom stereocenters. The molecular weight excluding hydrogens is 360 g/mol. The zero-order valence-corrected chi connectivity index (χ0v) is 16.2. The van der Waals surface area contributed by atoms with Gasteiger partial charge in [0.25, 0.3) is 0 Å². The van der Waals surface area contributed by atoms with Gasteiger partial charge in [0.15, 0.2) is 0 Å². The lowest BCUT2D eigenvalue weighted by Crippen LogP contribution is -2.43. The van der Waals surface area contributed by atoms with Crippen LogP contribution in [0.3, 0.4) is 0 Å². The van der Waals surface area contributed by atoms with Crippen LogP contribution in [0.1, 0.15) is 45.4 Å². The van der Waals surface area contributed by atoms with Crippen LogP contribution in [0.4, 0.5) is 5.69 Å². The highest BCUT2D eigenvalue weighted by atomic mass is 32.2. The SMILES string of the molecule is CCC1CCCCN1S(=O)(=O)c1ccc(N2CCCCS2(=O)=O)cc1. The first-order chi connectivity index (χ1) is 11.9. The Morgan fingerprint density at radius 3 is 2.36 bits per heavy atom. The molecular formula is C17H26N2O4S2. The number of hydrogen-bond acceptors (Lipinski definition) is 4. The lowest BCUT2D eigenvalue weighted by atomic mass is 10.0. The molecule has 2 heterocycles. The van der Waals surface area contributed by atoms with Gasteiger partial charge < -0.3 is 0 Å². The summed E-state index contributed by atoms with van der Waals surface area (Å²) in [4.78, 5) is 0.242. The van der Waals surface area contributed by atoms with Crippen LogP contribution in [0, 0.1) is 0 Å². The van der Waals surface area contributed by atoms with E-state index in [9.17, 15) is 16.8 Å². The minimum Gasteiger partial charge on any atom is -0.270 e. The van der Waals surface area contributed by atoms with Crippen molar-refractivity contribution >= 4 is 25.7 Å². The first-order valence-electron chi connectivity index (χ1n) is 8.98. The standard InChI is InChI=1S/C17H26N2O4S2/c1-2-15-7-3-4-13-19(15)25(22,23)17-10-8-16(9-11-17)18-12-5-6-14-24(18,20)21/h8-11,15H,2-7,12-14H2,1H3. The van der Waals surface area contributed by atoms with Crippen LogP contribution < -0.4 is 4.31 Å². The maximum Gasteiger partial charge on any atom is 0.243 e. The minimum absolute atomic E-state index is 0.0564. The molecule has 1 aromatic rings. The molecule has 0 aliphatic carbocycles. The van der Waals surface area contributed by atoms with Gasteiger partial charge in [-0.15, -0.1) is 0 Å². The number of nitrogens with zero attached hydrogens (tertiary/aromatic N) is 2. The Balaban J connectivity index is 1.86. The summed E-state index contributed by atoms with van der Waals surface area (Å²) in [6.45, 7) is 3.03. The normalized spacial score (nSPS) is 25.0. The van der Waals surface area contributed by atoms with Gasteiger partial charge in [0.1, 0.15) is 0 Å². The third-order valence-corrected chi connectivity index (χ3v) is 8.96. The lowest BCUT2D eigenvalue weighted by molar-refractivity contribution is 0.246. The van der Waals surface area contributed by atoms with Crippen molar-refractivity contribution in [3.8, 4) is 0 Å². The summed E-state index contributed by atoms with van der Waals surface area (Å²) < 4.78 is 53.3. The van der Waals surface area contributed by atoms with E-state index in [4.69, 9.17) is 0 Å². The Morgan fingerprint density at radius 2 is 1.72 bits per heavy atom. The van der Waals surface area contributed by atoms with Gasteiger partial charge in [0, 0.05) is 19.1 Å². The summed E-state index contributed by atoms with van der Waals surface area (Å²) in [5.41, 5.74) is 0.546. The molecule has 0 N–H and O–H groups in total. The molecule has 0 radical (unpaired) electrons. The highest BCUT2D eigenvalue weighted by molar-refractivity contribution is 7.92. The van der Waals surface area contributed by atoms with E-state index in [0.717, 1.165) is 32.1 Å². The third-order valence-electron chi connectivity index (χ3n) is 5.12. The topological polar surface area (TPSA) is 74.8 Å². The second-order valence-electron chi connectivity index (χ2n) is 6.76. The molecule has 2 aliphatic heterocycles. The van der Waals surface area contributed by atoms with E-state index in [2.05, 4.69) is 0 Å². The van der Waals surface area contributed by atoms with E-state index in [-0.39, 0.29) is 16.7 Å². The monoisotopic (exact) mass is 386 g/mol. The Kier molecular flexibility index (Phi) is 5.41. The fourth-order valence-electron chi connectivity index (χ4n) is 3.70. The number of sulfonamides is 2. The summed E-state index contributed by atoms with van der Waals surface area (Å²) in [7, 11) is -6.82. The summed E-state index contributed by atoms with van der Waals surface area (Å²) in [5, 5.41) is 0. The van der Waals surface area contributed by atoms with Crippen molar-refractivity contribution in [2.24, 2.45) is 0 Å². The average molecular weight is 387 g/mol. The Morgan fingerprint density at radius 1 is 1.04 bits per heavy atom. The fraction of sp³-hybridized carbons (Fsp3) is 0.647. The first kappa shape index (κ1) is 18.7. The molecule has 1 aromatic carbocycles. The first-order valence-corrected chi connectivity index (χ1v) is 12.0. The quantitative estimate of drug-likeness (QED) is 0.797. The molecule has 0 spiro atoms. The molecule has 3 rings (SSSR count). The van der Waals surface area contributed by atoms with E-state index < -0.39 is 20.0 Å². The molecule has 25 heavy (non-hydrogen) atoms. The predicted octanol–water partition coefficient (Wildman–Crippen LogP) is 2.57. The molecule has 8 heteroatoms. The highest BCUT2D eigenvalue weighted by Gasteiger charge is 2.33. The van der Waals surface area contributed by atoms with E-state index >= 15 is 0 Å². The van der Waals surface area contributed by atoms with Crippen LogP contribution in [-0.4, -0.2) is 46.0 Å². The van der Waals surface area contributed by atoms with Gasteiger partial charge in [-0.1, -0.05) is 13.3 Å². The number of hydrogen-bond donors (Lipinski definition) is 0. The Bertz CT molecular complexity index is 804. The number of piperidine rings is 1. The molecule has 0 aromatic heterocycles. The Hall–Kier alpha value is -1.12. The predicted molar refractivity (Wildman–Crippen MR) is 98.6 cm³/mol. The van der Waals surface area contributed by atoms with Gasteiger partial charge in [-0.2, -0.15) is 4.31 Å². The van der Waals surface area contributed by atoms with E-state index in [1.807, 2.05) is 6.92 Å². The maximum absolute atomic E-state index is 13.0. The lowest BCUT2D eigenvalue weighted by Gasteiger charge is -2.34. The molecule has 2 saturated heterocycles. The van der Waals surface area contributed by atoms with Gasteiger partial charge in [-0.05, 0) is 56.4 Å². The smallest absolute Gasteiger partial charge is 0.243 e. The zero-order chi connectivity index (χ0) is 18.1. The summed E-state index contributed by atoms with van der Waals surface area (Å²) in [6, 6.07) is 6.36. The van der Waals surface area contributed by atoms with Crippen LogP contribution in [0.25, 0.3) is 0 Å². The zero-order valence-electron chi connectivity index (χ0n) is 14.6. The van der Waals surface area contributed by atoms with Gasteiger partial charge in [0.05, 0.1) is 16.3 Å². The molecule has 1 unspecified atom stereocenters. The largest absolute Gasteiger partial charge is 0.270 e. The Labute approximate surface area is 150 Å². The van der Waals surface area contributed by atoms with Crippen molar-refractivity contribution in [2.45, 2.75) is 56.4 Å². The summed E-state index contributed by atoms with van der Waals surface area (Å²) in [5.74, 6) is 0.152. The van der Waals surface area contributed by atoms with Crippen LogP contribution in [0.2, 0.25) is 0 Å².